The first-order chi connectivity index (χ1) is 18.7. The highest BCUT2D eigenvalue weighted by atomic mass is 35.5. The quantitative estimate of drug-likeness (QED) is 0.299. The molecular weight excluding hydrogens is 578 g/mol. The molecule has 39 heavy (non-hydrogen) atoms. The van der Waals surface area contributed by atoms with Gasteiger partial charge in [0.25, 0.3) is 5.91 Å². The average Bonchev–Trinajstić information content (AvgIpc) is 3.29. The molecule has 2 aromatic carbocycles. The number of halogens is 5. The summed E-state index contributed by atoms with van der Waals surface area (Å²) in [6.45, 7) is 1.83. The van der Waals surface area contributed by atoms with Gasteiger partial charge in [-0.05, 0) is 42.0 Å². The van der Waals surface area contributed by atoms with Gasteiger partial charge >= 0.3 is 17.7 Å². The number of para-hydroxylation sites is 1. The Hall–Kier alpha value is -3.25. The number of rotatable bonds is 4. The van der Waals surface area contributed by atoms with E-state index in [0.717, 1.165) is 6.07 Å². The summed E-state index contributed by atoms with van der Waals surface area (Å²) >= 11 is 12.5. The van der Waals surface area contributed by atoms with Crippen molar-refractivity contribution >= 4 is 51.6 Å². The van der Waals surface area contributed by atoms with E-state index in [-0.39, 0.29) is 17.4 Å². The van der Waals surface area contributed by atoms with E-state index in [1.165, 1.54) is 6.20 Å². The fourth-order valence-electron chi connectivity index (χ4n) is 4.37. The van der Waals surface area contributed by atoms with Crippen LogP contribution in [0.15, 0.2) is 60.8 Å². The second-order valence-corrected chi connectivity index (χ2v) is 9.39. The minimum absolute atomic E-state index is 0.187. The predicted molar refractivity (Wildman–Crippen MR) is 141 cm³/mol. The fourth-order valence-corrected chi connectivity index (χ4v) is 4.95. The molecule has 1 saturated heterocycles. The van der Waals surface area contributed by atoms with Crippen molar-refractivity contribution in [2.45, 2.75) is 12.6 Å². The Morgan fingerprint density at radius 3 is 2.33 bits per heavy atom. The van der Waals surface area contributed by atoms with Gasteiger partial charge in [-0.2, -0.15) is 21.6 Å². The van der Waals surface area contributed by atoms with Gasteiger partial charge in [0.1, 0.15) is 5.69 Å². The molecule has 1 fully saturated rings. The molecule has 13 heteroatoms. The maximum Gasteiger partial charge on any atom is 0.433 e. The highest BCUT2D eigenvalue weighted by Crippen LogP contribution is 2.35. The number of hydrogen-bond donors (Lipinski definition) is 0. The van der Waals surface area contributed by atoms with Crippen LogP contribution in [0, 0.1) is 0 Å². The summed E-state index contributed by atoms with van der Waals surface area (Å²) in [5.41, 5.74) is 1.53. The van der Waals surface area contributed by atoms with Crippen molar-refractivity contribution in [1.29, 1.82) is 0 Å². The van der Waals surface area contributed by atoms with Gasteiger partial charge < -0.3 is 14.2 Å². The van der Waals surface area contributed by atoms with Crippen LogP contribution < -0.4 is 0 Å². The number of benzene rings is 2. The normalized spacial score (nSPS) is 13.6. The molecule has 1 aliphatic heterocycles. The predicted octanol–water partition coefficient (Wildman–Crippen LogP) is 5.74. The van der Waals surface area contributed by atoms with Gasteiger partial charge in [0.2, 0.25) is 0 Å². The highest BCUT2D eigenvalue weighted by Gasteiger charge is 2.33. The number of ether oxygens (including phenoxy) is 1. The molecule has 3 heterocycles. The zero-order valence-electron chi connectivity index (χ0n) is 20.1. The second-order valence-electron chi connectivity index (χ2n) is 8.47. The smallest absolute Gasteiger partial charge is 0.378 e. The second kappa shape index (κ2) is 12.3. The maximum atomic E-state index is 13.4. The lowest BCUT2D eigenvalue weighted by Gasteiger charge is -2.27. The van der Waals surface area contributed by atoms with Gasteiger partial charge in [0, 0.05) is 47.5 Å². The van der Waals surface area contributed by atoms with Crippen LogP contribution in [-0.2, 0) is 28.9 Å². The highest BCUT2D eigenvalue weighted by molar-refractivity contribution is 7.51. The number of hydrogen-bond acceptors (Lipinski definition) is 5. The summed E-state index contributed by atoms with van der Waals surface area (Å²) in [4.78, 5) is 18.4. The van der Waals surface area contributed by atoms with Crippen molar-refractivity contribution in [3.63, 3.8) is 0 Å². The molecule has 0 N–H and O–H groups in total. The zero-order valence-corrected chi connectivity index (χ0v) is 22.4. The third-order valence-electron chi connectivity index (χ3n) is 6.14. The molecule has 204 valence electrons. The Morgan fingerprint density at radius 1 is 1.03 bits per heavy atom. The molecule has 2 aromatic heterocycles. The van der Waals surface area contributed by atoms with Crippen LogP contribution in [-0.4, -0.2) is 55.1 Å². The van der Waals surface area contributed by atoms with Crippen molar-refractivity contribution < 1.29 is 31.1 Å². The van der Waals surface area contributed by atoms with Gasteiger partial charge in [-0.3, -0.25) is 9.78 Å². The summed E-state index contributed by atoms with van der Waals surface area (Å²) in [7, 11) is 0. The number of nitrogens with zero attached hydrogens (tertiary/aromatic N) is 3. The minimum Gasteiger partial charge on any atom is -0.378 e. The Labute approximate surface area is 234 Å². The van der Waals surface area contributed by atoms with E-state index in [1.54, 1.807) is 51.9 Å². The number of fused-ring (bicyclic) bond motifs is 1. The molecule has 5 rings (SSSR count). The average molecular weight is 598 g/mol. The van der Waals surface area contributed by atoms with Gasteiger partial charge in [0.15, 0.2) is 0 Å². The lowest BCUT2D eigenvalue weighted by Crippen LogP contribution is -2.40. The summed E-state index contributed by atoms with van der Waals surface area (Å²) in [6, 6.07) is 15.1. The van der Waals surface area contributed by atoms with E-state index in [2.05, 4.69) is 4.98 Å². The van der Waals surface area contributed by atoms with Gasteiger partial charge in [-0.1, -0.05) is 41.4 Å². The van der Waals surface area contributed by atoms with Crippen LogP contribution in [0.1, 0.15) is 27.3 Å². The number of morpholine rings is 1. The van der Waals surface area contributed by atoms with Crippen LogP contribution in [0.4, 0.5) is 13.2 Å². The molecule has 0 unspecified atom stereocenters. The Bertz CT molecular complexity index is 1540. The summed E-state index contributed by atoms with van der Waals surface area (Å²) in [5.74, 6) is -0.219. The first kappa shape index (κ1) is 28.8. The maximum absolute atomic E-state index is 13.4. The standard InChI is InChI=1S/C26H20Cl2F3N3O2.O2S/c27-21-7-6-19(25(35)33-8-10-36-11-9-33)24(28)20(21)13-18-12-16-15-32-23(26(29,30)31)14-22(16)34(18)17-4-2-1-3-5-17;1-3-2/h1-7,12,14-15H,8-11,13H2;. The van der Waals surface area contributed by atoms with E-state index >= 15 is 0 Å². The van der Waals surface area contributed by atoms with Crippen LogP contribution in [0.25, 0.3) is 16.6 Å². The van der Waals surface area contributed by atoms with Crippen molar-refractivity contribution in [3.05, 3.63) is 93.4 Å². The third-order valence-corrected chi connectivity index (χ3v) is 6.93. The van der Waals surface area contributed by atoms with Crippen LogP contribution >= 0.6 is 23.2 Å². The Morgan fingerprint density at radius 2 is 1.69 bits per heavy atom. The monoisotopic (exact) mass is 597 g/mol. The topological polar surface area (TPSA) is 81.5 Å². The lowest BCUT2D eigenvalue weighted by molar-refractivity contribution is -0.141. The molecule has 7 nitrogen and oxygen atoms in total. The first-order valence-electron chi connectivity index (χ1n) is 11.5. The number of carbonyl (C=O) groups excluding carboxylic acids is 1. The van der Waals surface area contributed by atoms with E-state index in [1.807, 2.05) is 6.07 Å². The molecule has 1 amide bonds. The molecule has 0 radical (unpaired) electrons. The molecule has 0 spiro atoms. The van der Waals surface area contributed by atoms with Crippen molar-refractivity contribution in [1.82, 2.24) is 14.5 Å². The largest absolute Gasteiger partial charge is 0.433 e. The molecule has 0 atom stereocenters. The molecular formula is C26H20Cl2F3N3O4S. The molecule has 1 aliphatic rings. The van der Waals surface area contributed by atoms with E-state index in [9.17, 15) is 18.0 Å². The van der Waals surface area contributed by atoms with Crippen molar-refractivity contribution in [3.8, 4) is 5.69 Å². The summed E-state index contributed by atoms with van der Waals surface area (Å²) in [5, 5.41) is 1.12. The van der Waals surface area contributed by atoms with E-state index < -0.39 is 23.4 Å². The molecule has 4 aromatic rings. The minimum atomic E-state index is -4.58. The first-order valence-corrected chi connectivity index (χ1v) is 13.0. The van der Waals surface area contributed by atoms with Crippen molar-refractivity contribution in [2.24, 2.45) is 0 Å². The molecule has 0 saturated carbocycles. The Balaban J connectivity index is 0.00000112. The summed E-state index contributed by atoms with van der Waals surface area (Å²) in [6.07, 6.45) is -3.18. The zero-order chi connectivity index (χ0) is 28.2. The van der Waals surface area contributed by atoms with Crippen LogP contribution in [0.5, 0.6) is 0 Å². The number of amides is 1. The van der Waals surface area contributed by atoms with Crippen LogP contribution in [0.3, 0.4) is 0 Å². The molecule has 0 bridgehead atoms. The number of carbonyl (C=O) groups is 1. The van der Waals surface area contributed by atoms with Gasteiger partial charge in [-0.25, -0.2) is 0 Å². The Kier molecular flexibility index (Phi) is 9.06. The third kappa shape index (κ3) is 6.33. The van der Waals surface area contributed by atoms with Gasteiger partial charge in [-0.15, -0.1) is 0 Å². The van der Waals surface area contributed by atoms with E-state index in [0.29, 0.717) is 64.7 Å². The van der Waals surface area contributed by atoms with Crippen LogP contribution in [0.2, 0.25) is 10.0 Å². The number of alkyl halides is 3. The number of aromatic nitrogens is 2. The summed E-state index contributed by atoms with van der Waals surface area (Å²) < 4.78 is 63.9. The SMILES string of the molecule is O=C(c1ccc(Cl)c(Cc2cc3cnc(C(F)(F)F)cc3n2-c2ccccc2)c1Cl)N1CCOCC1.O=S=O. The van der Waals surface area contributed by atoms with Gasteiger partial charge in [0.05, 0.1) is 29.3 Å². The lowest BCUT2D eigenvalue weighted by atomic mass is 10.0. The van der Waals surface area contributed by atoms with E-state index in [4.69, 9.17) is 36.4 Å². The fraction of sp³-hybridized carbons (Fsp3) is 0.231. The van der Waals surface area contributed by atoms with Crippen molar-refractivity contribution in [2.75, 3.05) is 26.3 Å². The molecule has 0 aliphatic carbocycles. The number of pyridine rings is 1.